The lowest BCUT2D eigenvalue weighted by Gasteiger charge is -2.26. The summed E-state index contributed by atoms with van der Waals surface area (Å²) in [7, 11) is 0. The van der Waals surface area contributed by atoms with E-state index in [1.165, 1.54) is 6.07 Å². The van der Waals surface area contributed by atoms with Gasteiger partial charge in [0.15, 0.2) is 5.69 Å². The zero-order chi connectivity index (χ0) is 22.4. The van der Waals surface area contributed by atoms with Crippen molar-refractivity contribution in [1.82, 2.24) is 9.88 Å². The Labute approximate surface area is 182 Å². The highest BCUT2D eigenvalue weighted by molar-refractivity contribution is 5.68. The van der Waals surface area contributed by atoms with Crippen LogP contribution in [0.25, 0.3) is 4.85 Å². The van der Waals surface area contributed by atoms with E-state index in [0.29, 0.717) is 31.1 Å². The van der Waals surface area contributed by atoms with E-state index >= 15 is 0 Å². The molecule has 1 saturated heterocycles. The Balaban J connectivity index is 1.61. The summed E-state index contributed by atoms with van der Waals surface area (Å²) in [5.74, 6) is 0.658. The SMILES string of the molecule is [C-]#[N+]c1ccc(COc2cccc(N3CCCN(C(=O)OC(C)(C)C)CC3)n2)c(F)c1. The van der Waals surface area contributed by atoms with Gasteiger partial charge in [0.25, 0.3) is 0 Å². The maximum absolute atomic E-state index is 14.1. The van der Waals surface area contributed by atoms with Crippen molar-refractivity contribution in [2.45, 2.75) is 39.4 Å². The number of halogens is 1. The van der Waals surface area contributed by atoms with Gasteiger partial charge in [-0.2, -0.15) is 4.98 Å². The summed E-state index contributed by atoms with van der Waals surface area (Å²) in [5, 5.41) is 0. The summed E-state index contributed by atoms with van der Waals surface area (Å²) >= 11 is 0. The van der Waals surface area contributed by atoms with E-state index in [4.69, 9.17) is 16.0 Å². The largest absolute Gasteiger partial charge is 0.473 e. The molecule has 0 bridgehead atoms. The highest BCUT2D eigenvalue weighted by Gasteiger charge is 2.25. The maximum Gasteiger partial charge on any atom is 0.410 e. The van der Waals surface area contributed by atoms with Crippen LogP contribution in [0.15, 0.2) is 36.4 Å². The van der Waals surface area contributed by atoms with Crippen molar-refractivity contribution in [3.05, 3.63) is 59.2 Å². The number of hydrogen-bond donors (Lipinski definition) is 0. The first-order valence-corrected chi connectivity index (χ1v) is 10.2. The Morgan fingerprint density at radius 3 is 2.71 bits per heavy atom. The van der Waals surface area contributed by atoms with Gasteiger partial charge in [0.1, 0.15) is 23.8 Å². The van der Waals surface area contributed by atoms with Crippen molar-refractivity contribution in [3.8, 4) is 5.88 Å². The van der Waals surface area contributed by atoms with E-state index in [9.17, 15) is 9.18 Å². The van der Waals surface area contributed by atoms with Gasteiger partial charge in [0.05, 0.1) is 6.57 Å². The molecule has 0 aliphatic carbocycles. The fourth-order valence-electron chi connectivity index (χ4n) is 3.19. The van der Waals surface area contributed by atoms with Crippen LogP contribution in [-0.2, 0) is 11.3 Å². The summed E-state index contributed by atoms with van der Waals surface area (Å²) < 4.78 is 25.2. The molecule has 0 N–H and O–H groups in total. The molecule has 0 unspecified atom stereocenters. The van der Waals surface area contributed by atoms with Gasteiger partial charge in [-0.15, -0.1) is 0 Å². The van der Waals surface area contributed by atoms with Gasteiger partial charge in [-0.25, -0.2) is 14.0 Å². The Bertz CT molecular complexity index is 968. The summed E-state index contributed by atoms with van der Waals surface area (Å²) in [4.78, 5) is 23.9. The lowest BCUT2D eigenvalue weighted by atomic mass is 10.2. The van der Waals surface area contributed by atoms with Crippen LogP contribution in [0, 0.1) is 12.4 Å². The molecule has 1 aliphatic rings. The van der Waals surface area contributed by atoms with E-state index in [0.717, 1.165) is 18.8 Å². The molecule has 0 saturated carbocycles. The number of pyridine rings is 1. The zero-order valence-corrected chi connectivity index (χ0v) is 18.1. The smallest absolute Gasteiger partial charge is 0.410 e. The maximum atomic E-state index is 14.1. The summed E-state index contributed by atoms with van der Waals surface area (Å²) in [5.41, 5.74) is 0.0943. The predicted molar refractivity (Wildman–Crippen MR) is 116 cm³/mol. The van der Waals surface area contributed by atoms with Crippen LogP contribution in [0.4, 0.5) is 20.7 Å². The third-order valence-electron chi connectivity index (χ3n) is 4.72. The van der Waals surface area contributed by atoms with Gasteiger partial charge in [-0.05, 0) is 39.3 Å². The number of nitrogens with zero attached hydrogens (tertiary/aromatic N) is 4. The first kappa shape index (κ1) is 22.3. The minimum absolute atomic E-state index is 0.0208. The minimum atomic E-state index is -0.522. The van der Waals surface area contributed by atoms with Gasteiger partial charge >= 0.3 is 6.09 Å². The second kappa shape index (κ2) is 9.65. The van der Waals surface area contributed by atoms with Gasteiger partial charge in [-0.3, -0.25) is 0 Å². The van der Waals surface area contributed by atoms with Gasteiger partial charge in [-0.1, -0.05) is 18.2 Å². The van der Waals surface area contributed by atoms with E-state index in [-0.39, 0.29) is 18.4 Å². The molecule has 1 fully saturated rings. The molecule has 0 spiro atoms. The molecule has 0 radical (unpaired) electrons. The second-order valence-corrected chi connectivity index (χ2v) is 8.32. The van der Waals surface area contributed by atoms with Gasteiger partial charge in [0.2, 0.25) is 5.88 Å². The number of benzene rings is 1. The average Bonchev–Trinajstić information content (AvgIpc) is 2.98. The molecule has 164 valence electrons. The first-order valence-electron chi connectivity index (χ1n) is 10.2. The highest BCUT2D eigenvalue weighted by Crippen LogP contribution is 2.21. The number of rotatable bonds is 4. The number of amides is 1. The standard InChI is InChI=1S/C23H27FN4O3/c1-23(2,3)31-22(29)28-12-6-11-27(13-14-28)20-7-5-8-21(26-20)30-16-17-9-10-18(25-4)15-19(17)24/h5,7-10,15H,6,11-14,16H2,1-3H3. The molecule has 1 aromatic carbocycles. The number of aromatic nitrogens is 1. The average molecular weight is 426 g/mol. The quantitative estimate of drug-likeness (QED) is 0.658. The Morgan fingerprint density at radius 1 is 1.19 bits per heavy atom. The molecule has 8 heteroatoms. The normalized spacial score (nSPS) is 14.5. The van der Waals surface area contributed by atoms with Crippen molar-refractivity contribution >= 4 is 17.6 Å². The monoisotopic (exact) mass is 426 g/mol. The lowest BCUT2D eigenvalue weighted by molar-refractivity contribution is 0.0263. The summed E-state index contributed by atoms with van der Waals surface area (Å²) in [6.45, 7) is 15.1. The predicted octanol–water partition coefficient (Wildman–Crippen LogP) is 4.80. The van der Waals surface area contributed by atoms with Crippen LogP contribution in [0.3, 0.4) is 0 Å². The molecule has 2 heterocycles. The molecule has 1 aliphatic heterocycles. The molecular weight excluding hydrogens is 399 g/mol. The van der Waals surface area contributed by atoms with E-state index in [2.05, 4.69) is 14.7 Å². The third-order valence-corrected chi connectivity index (χ3v) is 4.72. The molecule has 7 nitrogen and oxygen atoms in total. The van der Waals surface area contributed by atoms with Gasteiger partial charge < -0.3 is 19.3 Å². The van der Waals surface area contributed by atoms with Crippen molar-refractivity contribution in [1.29, 1.82) is 0 Å². The molecule has 0 atom stereocenters. The van der Waals surface area contributed by atoms with Crippen molar-refractivity contribution in [3.63, 3.8) is 0 Å². The van der Waals surface area contributed by atoms with Crippen LogP contribution in [0.2, 0.25) is 0 Å². The van der Waals surface area contributed by atoms with Crippen molar-refractivity contribution in [2.24, 2.45) is 0 Å². The number of anilines is 1. The topological polar surface area (TPSA) is 59.3 Å². The fourth-order valence-corrected chi connectivity index (χ4v) is 3.19. The summed E-state index contributed by atoms with van der Waals surface area (Å²) in [6, 6.07) is 9.76. The van der Waals surface area contributed by atoms with Crippen molar-refractivity contribution in [2.75, 3.05) is 31.1 Å². The minimum Gasteiger partial charge on any atom is -0.473 e. The molecule has 2 aromatic rings. The molecule has 31 heavy (non-hydrogen) atoms. The van der Waals surface area contributed by atoms with Crippen LogP contribution < -0.4 is 9.64 Å². The lowest BCUT2D eigenvalue weighted by Crippen LogP contribution is -2.39. The van der Waals surface area contributed by atoms with E-state index in [1.807, 2.05) is 32.9 Å². The highest BCUT2D eigenvalue weighted by atomic mass is 19.1. The van der Waals surface area contributed by atoms with Crippen LogP contribution in [0.1, 0.15) is 32.8 Å². The molecule has 1 amide bonds. The van der Waals surface area contributed by atoms with E-state index in [1.54, 1.807) is 23.1 Å². The van der Waals surface area contributed by atoms with Crippen LogP contribution in [-0.4, -0.2) is 47.8 Å². The fraction of sp³-hybridized carbons (Fsp3) is 0.435. The van der Waals surface area contributed by atoms with Crippen LogP contribution >= 0.6 is 0 Å². The summed E-state index contributed by atoms with van der Waals surface area (Å²) in [6.07, 6.45) is 0.496. The Morgan fingerprint density at radius 2 is 2.00 bits per heavy atom. The second-order valence-electron chi connectivity index (χ2n) is 8.32. The Kier molecular flexibility index (Phi) is 6.95. The van der Waals surface area contributed by atoms with Crippen LogP contribution in [0.5, 0.6) is 5.88 Å². The molecular formula is C23H27FN4O3. The van der Waals surface area contributed by atoms with Gasteiger partial charge in [0, 0.05) is 37.8 Å². The van der Waals surface area contributed by atoms with Crippen molar-refractivity contribution < 1.29 is 18.7 Å². The number of hydrogen-bond acceptors (Lipinski definition) is 5. The molecule has 1 aromatic heterocycles. The molecule has 3 rings (SSSR count). The number of ether oxygens (including phenoxy) is 2. The zero-order valence-electron chi connectivity index (χ0n) is 18.1. The number of carbonyl (C=O) groups is 1. The third kappa shape index (κ3) is 6.32. The van der Waals surface area contributed by atoms with E-state index < -0.39 is 11.4 Å². The first-order chi connectivity index (χ1) is 14.7. The number of carbonyl (C=O) groups excluding carboxylic acids is 1. The Hall–Kier alpha value is -3.34.